The molecule has 0 bridgehead atoms. The van der Waals surface area contributed by atoms with Crippen LogP contribution in [0.3, 0.4) is 0 Å². The van der Waals surface area contributed by atoms with Crippen LogP contribution in [0.15, 0.2) is 48.5 Å². The van der Waals surface area contributed by atoms with Gasteiger partial charge in [0.05, 0.1) is 15.8 Å². The Labute approximate surface area is 117 Å². The van der Waals surface area contributed by atoms with E-state index in [0.29, 0.717) is 0 Å². The summed E-state index contributed by atoms with van der Waals surface area (Å²) in [5.41, 5.74) is 2.08. The molecule has 84 valence electrons. The summed E-state index contributed by atoms with van der Waals surface area (Å²) < 4.78 is 6.53. The molecule has 0 fully saturated rings. The lowest BCUT2D eigenvalue weighted by molar-refractivity contribution is 0.719. The molecule has 0 amide bonds. The lowest BCUT2D eigenvalue weighted by Gasteiger charge is -2.02. The largest absolute Gasteiger partial charge is 0.427 e. The van der Waals surface area contributed by atoms with Gasteiger partial charge in [-0.3, -0.25) is 0 Å². The number of hydrogen-bond donors (Lipinski definition) is 0. The van der Waals surface area contributed by atoms with E-state index in [0.717, 1.165) is 21.8 Å². The van der Waals surface area contributed by atoms with E-state index in [1.807, 2.05) is 65.5 Å². The van der Waals surface area contributed by atoms with Crippen LogP contribution in [-0.2, 0) is 0 Å². The van der Waals surface area contributed by atoms with E-state index in [1.165, 1.54) is 4.70 Å². The number of nitrogens with zero attached hydrogens (tertiary/aromatic N) is 1. The first kappa shape index (κ1) is 11.0. The van der Waals surface area contributed by atoms with Crippen molar-refractivity contribution in [1.82, 2.24) is 4.98 Å². The number of halogens is 1. The van der Waals surface area contributed by atoms with E-state index in [1.54, 1.807) is 11.3 Å². The van der Waals surface area contributed by atoms with Crippen molar-refractivity contribution in [3.05, 3.63) is 48.5 Å². The van der Waals surface area contributed by atoms with Crippen LogP contribution in [0.2, 0.25) is 0 Å². The van der Waals surface area contributed by atoms with Crippen LogP contribution in [0.4, 0.5) is 0 Å². The third-order valence-corrected chi connectivity index (χ3v) is 4.04. The monoisotopic (exact) mass is 353 g/mol. The maximum atomic E-state index is 5.33. The molecule has 2 aromatic carbocycles. The number of fused-ring (bicyclic) bond motifs is 1. The number of para-hydroxylation sites is 2. The van der Waals surface area contributed by atoms with Crippen LogP contribution in [0.25, 0.3) is 20.8 Å². The lowest BCUT2D eigenvalue weighted by atomic mass is 10.2. The topological polar surface area (TPSA) is 22.1 Å². The quantitative estimate of drug-likeness (QED) is 0.624. The second kappa shape index (κ2) is 4.62. The zero-order valence-corrected chi connectivity index (χ0v) is 11.7. The first-order valence-electron chi connectivity index (χ1n) is 5.12. The molecule has 0 aliphatic rings. The molecule has 2 nitrogen and oxygen atoms in total. The van der Waals surface area contributed by atoms with Gasteiger partial charge in [-0.25, -0.2) is 4.98 Å². The smallest absolute Gasteiger partial charge is 0.192 e. The van der Waals surface area contributed by atoms with Gasteiger partial charge in [0.1, 0.15) is 10.8 Å². The Morgan fingerprint density at radius 2 is 1.76 bits per heavy atom. The highest BCUT2D eigenvalue weighted by Crippen LogP contribution is 2.35. The molecule has 1 heterocycles. The Kier molecular flexibility index (Phi) is 2.98. The molecule has 0 radical (unpaired) electrons. The minimum atomic E-state index is 0.854. The molecule has 0 saturated carbocycles. The van der Waals surface area contributed by atoms with Gasteiger partial charge in [-0.05, 0) is 24.3 Å². The summed E-state index contributed by atoms with van der Waals surface area (Å²) in [5, 5.41) is 0.999. The van der Waals surface area contributed by atoms with Crippen molar-refractivity contribution in [1.29, 1.82) is 0 Å². The average Bonchev–Trinajstić information content (AvgIpc) is 2.82. The van der Waals surface area contributed by atoms with Gasteiger partial charge >= 0.3 is 0 Å². The Morgan fingerprint density at radius 3 is 2.59 bits per heavy atom. The van der Waals surface area contributed by atoms with Crippen LogP contribution >= 0.6 is 34.3 Å². The highest BCUT2D eigenvalue weighted by molar-refractivity contribution is 14.1. The van der Waals surface area contributed by atoms with Gasteiger partial charge in [0.25, 0.3) is 0 Å². The summed E-state index contributed by atoms with van der Waals surface area (Å²) >= 11 is 3.59. The fourth-order valence-electron chi connectivity index (χ4n) is 1.70. The number of thiazole rings is 1. The van der Waals surface area contributed by atoms with E-state index in [-0.39, 0.29) is 0 Å². The zero-order chi connectivity index (χ0) is 11.7. The van der Waals surface area contributed by atoms with Gasteiger partial charge in [0.15, 0.2) is 23.0 Å². The fraction of sp³-hybridized carbons (Fsp3) is 0. The van der Waals surface area contributed by atoms with Crippen LogP contribution in [0.5, 0.6) is 5.75 Å². The van der Waals surface area contributed by atoms with Gasteiger partial charge in [0.2, 0.25) is 0 Å². The van der Waals surface area contributed by atoms with Gasteiger partial charge in [-0.15, -0.1) is 11.3 Å². The summed E-state index contributed by atoms with van der Waals surface area (Å²) in [7, 11) is 0. The first-order valence-corrected chi connectivity index (χ1v) is 6.82. The van der Waals surface area contributed by atoms with Gasteiger partial charge in [-0.2, -0.15) is 0 Å². The van der Waals surface area contributed by atoms with Crippen LogP contribution in [-0.4, -0.2) is 4.98 Å². The minimum Gasteiger partial charge on any atom is -0.427 e. The van der Waals surface area contributed by atoms with Crippen molar-refractivity contribution < 1.29 is 3.07 Å². The Balaban J connectivity index is 2.20. The van der Waals surface area contributed by atoms with Crippen molar-refractivity contribution >= 4 is 44.6 Å². The molecule has 17 heavy (non-hydrogen) atoms. The number of benzene rings is 2. The van der Waals surface area contributed by atoms with Gasteiger partial charge < -0.3 is 3.07 Å². The second-order valence-electron chi connectivity index (χ2n) is 3.56. The summed E-state index contributed by atoms with van der Waals surface area (Å²) in [4.78, 5) is 4.63. The molecule has 0 unspecified atom stereocenters. The standard InChI is InChI=1S/C13H8INOS/c14-16-11-7-3-1-5-9(11)13-15-10-6-2-4-8-12(10)17-13/h1-8H. The summed E-state index contributed by atoms with van der Waals surface area (Å²) in [6.07, 6.45) is 0. The van der Waals surface area contributed by atoms with Crippen LogP contribution in [0, 0.1) is 0 Å². The van der Waals surface area contributed by atoms with Crippen LogP contribution in [0.1, 0.15) is 0 Å². The molecule has 3 rings (SSSR count). The van der Waals surface area contributed by atoms with E-state index in [9.17, 15) is 0 Å². The van der Waals surface area contributed by atoms with Crippen molar-refractivity contribution in [3.8, 4) is 16.3 Å². The zero-order valence-electron chi connectivity index (χ0n) is 8.76. The molecular formula is C13H8INOS. The van der Waals surface area contributed by atoms with Crippen molar-refractivity contribution in [3.63, 3.8) is 0 Å². The Morgan fingerprint density at radius 1 is 1.00 bits per heavy atom. The Bertz CT molecular complexity index is 632. The fourth-order valence-corrected chi connectivity index (χ4v) is 3.08. The third kappa shape index (κ3) is 2.02. The SMILES string of the molecule is IOc1ccccc1-c1nc2ccccc2s1. The molecule has 0 spiro atoms. The average molecular weight is 353 g/mol. The molecule has 0 saturated heterocycles. The highest BCUT2D eigenvalue weighted by atomic mass is 127. The third-order valence-electron chi connectivity index (χ3n) is 2.49. The minimum absolute atomic E-state index is 0.854. The second-order valence-corrected chi connectivity index (χ2v) is 5.03. The van der Waals surface area contributed by atoms with Crippen molar-refractivity contribution in [2.75, 3.05) is 0 Å². The predicted molar refractivity (Wildman–Crippen MR) is 79.7 cm³/mol. The Hall–Kier alpha value is -1.14. The summed E-state index contributed by atoms with van der Waals surface area (Å²) in [5.74, 6) is 0.854. The maximum Gasteiger partial charge on any atom is 0.192 e. The molecule has 4 heteroatoms. The van der Waals surface area contributed by atoms with Crippen molar-refractivity contribution in [2.45, 2.75) is 0 Å². The van der Waals surface area contributed by atoms with E-state index in [4.69, 9.17) is 3.07 Å². The number of hydrogen-bond acceptors (Lipinski definition) is 3. The normalized spacial score (nSPS) is 10.6. The molecule has 0 N–H and O–H groups in total. The molecule has 1 aromatic heterocycles. The first-order chi connectivity index (χ1) is 8.38. The van der Waals surface area contributed by atoms with Gasteiger partial charge in [-0.1, -0.05) is 24.3 Å². The maximum absolute atomic E-state index is 5.33. The van der Waals surface area contributed by atoms with E-state index >= 15 is 0 Å². The molecule has 3 aromatic rings. The van der Waals surface area contributed by atoms with E-state index < -0.39 is 0 Å². The van der Waals surface area contributed by atoms with Crippen molar-refractivity contribution in [2.24, 2.45) is 0 Å². The predicted octanol–water partition coefficient (Wildman–Crippen LogP) is 4.69. The summed E-state index contributed by atoms with van der Waals surface area (Å²) in [6, 6.07) is 16.1. The number of aromatic nitrogens is 1. The molecule has 0 atom stereocenters. The molecule has 0 aliphatic heterocycles. The molecular weight excluding hydrogens is 345 g/mol. The van der Waals surface area contributed by atoms with E-state index in [2.05, 4.69) is 11.1 Å². The number of rotatable bonds is 2. The van der Waals surface area contributed by atoms with Gasteiger partial charge in [0, 0.05) is 0 Å². The highest BCUT2D eigenvalue weighted by Gasteiger charge is 2.10. The summed E-state index contributed by atoms with van der Waals surface area (Å²) in [6.45, 7) is 0. The van der Waals surface area contributed by atoms with Crippen LogP contribution < -0.4 is 3.07 Å². The lowest BCUT2D eigenvalue weighted by Crippen LogP contribution is -1.81. The molecule has 0 aliphatic carbocycles.